The Labute approximate surface area is 167 Å². The number of pyridine rings is 1. The Kier molecular flexibility index (Phi) is 4.66. The fraction of sp³-hybridized carbons (Fsp3) is 0.227. The van der Waals surface area contributed by atoms with E-state index < -0.39 is 11.7 Å². The average molecular weight is 392 g/mol. The van der Waals surface area contributed by atoms with Crippen molar-refractivity contribution in [3.05, 3.63) is 72.2 Å². The maximum atomic E-state index is 14.5. The number of aromatic nitrogens is 3. The Morgan fingerprint density at radius 1 is 1.28 bits per heavy atom. The standard InChI is InChI=1S/C22H21FN4O2/c1-4-22(2,3)15-10-14-13-27(26-20(14)24-12-15)18-11-16(7-8-17(18)23)25-21(28)19-6-5-9-29-19/h5-13H,4H2,1-3H3,(H,25,28). The van der Waals surface area contributed by atoms with Crippen LogP contribution in [0.5, 0.6) is 0 Å². The first kappa shape index (κ1) is 18.9. The lowest BCUT2D eigenvalue weighted by molar-refractivity contribution is 0.0996. The lowest BCUT2D eigenvalue weighted by Gasteiger charge is -2.22. The zero-order chi connectivity index (χ0) is 20.6. The monoisotopic (exact) mass is 392 g/mol. The van der Waals surface area contributed by atoms with Gasteiger partial charge in [0, 0.05) is 23.5 Å². The van der Waals surface area contributed by atoms with Gasteiger partial charge in [0.1, 0.15) is 11.5 Å². The Hall–Kier alpha value is -3.48. The zero-order valence-electron chi connectivity index (χ0n) is 16.4. The molecule has 0 bridgehead atoms. The molecule has 0 aliphatic carbocycles. The van der Waals surface area contributed by atoms with Gasteiger partial charge in [-0.25, -0.2) is 14.1 Å². The molecule has 7 heteroatoms. The van der Waals surface area contributed by atoms with E-state index in [9.17, 15) is 9.18 Å². The Balaban J connectivity index is 1.68. The molecule has 3 heterocycles. The van der Waals surface area contributed by atoms with E-state index in [-0.39, 0.29) is 16.9 Å². The van der Waals surface area contributed by atoms with E-state index in [4.69, 9.17) is 4.42 Å². The van der Waals surface area contributed by atoms with Gasteiger partial charge in [-0.2, -0.15) is 0 Å². The SMILES string of the molecule is CCC(C)(C)c1cnc2nn(-c3cc(NC(=O)c4ccco4)ccc3F)cc2c1. The van der Waals surface area contributed by atoms with Crippen LogP contribution in [0.15, 0.2) is 59.5 Å². The second-order valence-electron chi connectivity index (χ2n) is 7.55. The van der Waals surface area contributed by atoms with E-state index in [1.165, 1.54) is 29.1 Å². The molecule has 1 N–H and O–H groups in total. The molecule has 0 unspecified atom stereocenters. The number of nitrogens with zero attached hydrogens (tertiary/aromatic N) is 3. The van der Waals surface area contributed by atoms with Crippen molar-refractivity contribution in [3.63, 3.8) is 0 Å². The Morgan fingerprint density at radius 3 is 2.83 bits per heavy atom. The number of rotatable bonds is 5. The average Bonchev–Trinajstić information content (AvgIpc) is 3.38. The molecule has 0 radical (unpaired) electrons. The number of amides is 1. The molecule has 1 amide bonds. The third-order valence-corrected chi connectivity index (χ3v) is 5.22. The highest BCUT2D eigenvalue weighted by Crippen LogP contribution is 2.29. The molecule has 0 aliphatic heterocycles. The quantitative estimate of drug-likeness (QED) is 0.513. The van der Waals surface area contributed by atoms with E-state index >= 15 is 0 Å². The van der Waals surface area contributed by atoms with Crippen molar-refractivity contribution in [1.82, 2.24) is 14.8 Å². The second kappa shape index (κ2) is 7.16. The number of hydrogen-bond acceptors (Lipinski definition) is 4. The fourth-order valence-corrected chi connectivity index (χ4v) is 2.98. The van der Waals surface area contributed by atoms with Crippen molar-refractivity contribution in [1.29, 1.82) is 0 Å². The normalized spacial score (nSPS) is 11.7. The Morgan fingerprint density at radius 2 is 2.10 bits per heavy atom. The van der Waals surface area contributed by atoms with Crippen molar-refractivity contribution >= 4 is 22.6 Å². The fourth-order valence-electron chi connectivity index (χ4n) is 2.98. The largest absolute Gasteiger partial charge is 0.459 e. The van der Waals surface area contributed by atoms with Gasteiger partial charge < -0.3 is 9.73 Å². The van der Waals surface area contributed by atoms with E-state index in [1.54, 1.807) is 18.3 Å². The number of benzene rings is 1. The summed E-state index contributed by atoms with van der Waals surface area (Å²) in [6, 6.07) is 9.53. The van der Waals surface area contributed by atoms with Crippen LogP contribution >= 0.6 is 0 Å². The highest BCUT2D eigenvalue weighted by atomic mass is 19.1. The molecular formula is C22H21FN4O2. The van der Waals surface area contributed by atoms with Gasteiger partial charge in [0.15, 0.2) is 11.4 Å². The predicted octanol–water partition coefficient (Wildman–Crippen LogP) is 5.09. The van der Waals surface area contributed by atoms with Gasteiger partial charge >= 0.3 is 0 Å². The van der Waals surface area contributed by atoms with Crippen LogP contribution in [-0.4, -0.2) is 20.7 Å². The van der Waals surface area contributed by atoms with Crippen LogP contribution in [0.1, 0.15) is 43.3 Å². The summed E-state index contributed by atoms with van der Waals surface area (Å²) in [6.45, 7) is 6.45. The van der Waals surface area contributed by atoms with E-state index in [0.717, 1.165) is 17.4 Å². The van der Waals surface area contributed by atoms with Gasteiger partial charge in [-0.1, -0.05) is 20.8 Å². The van der Waals surface area contributed by atoms with E-state index in [0.29, 0.717) is 11.3 Å². The molecule has 4 aromatic rings. The minimum atomic E-state index is -0.456. The summed E-state index contributed by atoms with van der Waals surface area (Å²) < 4.78 is 21.0. The Bertz CT molecular complexity index is 1180. The minimum absolute atomic E-state index is 0.00934. The van der Waals surface area contributed by atoms with Crippen molar-refractivity contribution in [2.75, 3.05) is 5.32 Å². The number of anilines is 1. The molecule has 4 rings (SSSR count). The summed E-state index contributed by atoms with van der Waals surface area (Å²) in [5, 5.41) is 7.92. The number of carbonyl (C=O) groups is 1. The summed E-state index contributed by atoms with van der Waals surface area (Å²) in [7, 11) is 0. The van der Waals surface area contributed by atoms with Gasteiger partial charge in [-0.05, 0) is 53.8 Å². The number of nitrogens with one attached hydrogen (secondary N) is 1. The molecule has 3 aromatic heterocycles. The highest BCUT2D eigenvalue weighted by molar-refractivity contribution is 6.02. The molecule has 0 atom stereocenters. The summed E-state index contributed by atoms with van der Waals surface area (Å²) in [5.74, 6) is -0.690. The van der Waals surface area contributed by atoms with Gasteiger partial charge in [0.25, 0.3) is 5.91 Å². The van der Waals surface area contributed by atoms with Crippen LogP contribution in [0.25, 0.3) is 16.7 Å². The first-order valence-corrected chi connectivity index (χ1v) is 9.38. The first-order valence-electron chi connectivity index (χ1n) is 9.38. The van der Waals surface area contributed by atoms with E-state index in [2.05, 4.69) is 36.2 Å². The lowest BCUT2D eigenvalue weighted by atomic mass is 9.83. The lowest BCUT2D eigenvalue weighted by Crippen LogP contribution is -2.15. The van der Waals surface area contributed by atoms with Crippen molar-refractivity contribution in [2.45, 2.75) is 32.6 Å². The van der Waals surface area contributed by atoms with Crippen LogP contribution in [0, 0.1) is 5.82 Å². The molecule has 0 aliphatic rings. The van der Waals surface area contributed by atoms with Gasteiger partial charge in [0.05, 0.1) is 6.26 Å². The zero-order valence-corrected chi connectivity index (χ0v) is 16.4. The molecule has 0 saturated carbocycles. The maximum absolute atomic E-state index is 14.5. The number of furan rings is 1. The molecule has 0 saturated heterocycles. The summed E-state index contributed by atoms with van der Waals surface area (Å²) in [4.78, 5) is 16.6. The van der Waals surface area contributed by atoms with Crippen molar-refractivity contribution in [3.8, 4) is 5.69 Å². The predicted molar refractivity (Wildman–Crippen MR) is 109 cm³/mol. The number of hydrogen-bond donors (Lipinski definition) is 1. The number of halogens is 1. The molecule has 29 heavy (non-hydrogen) atoms. The van der Waals surface area contributed by atoms with Crippen LogP contribution in [-0.2, 0) is 5.41 Å². The number of carbonyl (C=O) groups excluding carboxylic acids is 1. The third kappa shape index (κ3) is 3.63. The summed E-state index contributed by atoms with van der Waals surface area (Å²) in [6.07, 6.45) is 5.95. The van der Waals surface area contributed by atoms with Gasteiger partial charge in [-0.3, -0.25) is 4.79 Å². The molecule has 6 nitrogen and oxygen atoms in total. The van der Waals surface area contributed by atoms with Crippen molar-refractivity contribution in [2.24, 2.45) is 0 Å². The van der Waals surface area contributed by atoms with Crippen LogP contribution in [0.2, 0.25) is 0 Å². The van der Waals surface area contributed by atoms with Crippen LogP contribution in [0.3, 0.4) is 0 Å². The van der Waals surface area contributed by atoms with Gasteiger partial charge in [0.2, 0.25) is 0 Å². The van der Waals surface area contributed by atoms with Crippen LogP contribution in [0.4, 0.5) is 10.1 Å². The highest BCUT2D eigenvalue weighted by Gasteiger charge is 2.20. The molecular weight excluding hydrogens is 371 g/mol. The molecule has 0 fully saturated rings. The third-order valence-electron chi connectivity index (χ3n) is 5.22. The van der Waals surface area contributed by atoms with Crippen LogP contribution < -0.4 is 5.32 Å². The summed E-state index contributed by atoms with van der Waals surface area (Å²) in [5.41, 5.74) is 2.28. The molecule has 148 valence electrons. The number of fused-ring (bicyclic) bond motifs is 1. The minimum Gasteiger partial charge on any atom is -0.459 e. The first-order chi connectivity index (χ1) is 13.9. The smallest absolute Gasteiger partial charge is 0.291 e. The van der Waals surface area contributed by atoms with Gasteiger partial charge in [-0.15, -0.1) is 5.10 Å². The maximum Gasteiger partial charge on any atom is 0.291 e. The molecule has 1 aromatic carbocycles. The van der Waals surface area contributed by atoms with E-state index in [1.807, 2.05) is 12.3 Å². The second-order valence-corrected chi connectivity index (χ2v) is 7.55. The van der Waals surface area contributed by atoms with Crippen molar-refractivity contribution < 1.29 is 13.6 Å². The topological polar surface area (TPSA) is 73.0 Å². The summed E-state index contributed by atoms with van der Waals surface area (Å²) >= 11 is 0. The molecule has 0 spiro atoms.